The number of hydrogen-bond acceptors (Lipinski definition) is 7. The van der Waals surface area contributed by atoms with Crippen LogP contribution in [-0.4, -0.2) is 71.4 Å². The van der Waals surface area contributed by atoms with E-state index in [0.29, 0.717) is 34.3 Å². The Morgan fingerprint density at radius 2 is 1.60 bits per heavy atom. The SMILES string of the molecule is COc1cc(-n2c(C(C)(C)c3ccc(S(N)(=O)=O)c(Cl)c3)cnc2SCc2c(F)cc(S(=O)(=O)CCCC[N+](C)(C)C)cc2F)ccc1F.[Cl-]. The van der Waals surface area contributed by atoms with Crippen LogP contribution >= 0.6 is 23.4 Å². The third kappa shape index (κ3) is 9.55. The molecule has 0 atom stereocenters. The van der Waals surface area contributed by atoms with E-state index in [1.807, 2.05) is 35.0 Å². The van der Waals surface area contributed by atoms with Gasteiger partial charge in [0, 0.05) is 22.8 Å². The van der Waals surface area contributed by atoms with Gasteiger partial charge in [-0.3, -0.25) is 4.57 Å². The number of ether oxygens (including phenoxy) is 1. The number of aromatic nitrogens is 2. The molecule has 0 bridgehead atoms. The lowest BCUT2D eigenvalue weighted by Crippen LogP contribution is -3.00. The summed E-state index contributed by atoms with van der Waals surface area (Å²) in [5.74, 6) is -3.18. The lowest BCUT2D eigenvalue weighted by molar-refractivity contribution is -0.870. The third-order valence-electron chi connectivity index (χ3n) is 8.03. The Morgan fingerprint density at radius 1 is 0.960 bits per heavy atom. The van der Waals surface area contributed by atoms with Crippen LogP contribution in [0.1, 0.15) is 43.5 Å². The quantitative estimate of drug-likeness (QED) is 0.118. The number of nitrogens with two attached hydrogens (primary N) is 1. The second-order valence-corrected chi connectivity index (χ2v) is 18.1. The van der Waals surface area contributed by atoms with Crippen molar-refractivity contribution < 1.29 is 51.6 Å². The summed E-state index contributed by atoms with van der Waals surface area (Å²) in [7, 11) is -0.701. The molecule has 0 aliphatic rings. The molecule has 3 aromatic carbocycles. The molecule has 274 valence electrons. The van der Waals surface area contributed by atoms with Gasteiger partial charge >= 0.3 is 0 Å². The van der Waals surface area contributed by atoms with Crippen LogP contribution in [-0.2, 0) is 31.0 Å². The maximum absolute atomic E-state index is 15.4. The van der Waals surface area contributed by atoms with Crippen LogP contribution in [0.5, 0.6) is 5.75 Å². The van der Waals surface area contributed by atoms with E-state index in [9.17, 15) is 21.2 Å². The number of thioether (sulfide) groups is 1. The van der Waals surface area contributed by atoms with Gasteiger partial charge in [-0.15, -0.1) is 0 Å². The van der Waals surface area contributed by atoms with E-state index >= 15 is 8.78 Å². The van der Waals surface area contributed by atoms with Gasteiger partial charge in [0.2, 0.25) is 10.0 Å². The molecule has 0 radical (unpaired) electrons. The van der Waals surface area contributed by atoms with Crippen LogP contribution in [0.3, 0.4) is 0 Å². The first kappa shape index (κ1) is 41.6. The predicted octanol–water partition coefficient (Wildman–Crippen LogP) is 3.48. The summed E-state index contributed by atoms with van der Waals surface area (Å²) in [5.41, 5.74) is 0.290. The summed E-state index contributed by atoms with van der Waals surface area (Å²) < 4.78 is 102. The number of benzene rings is 3. The largest absolute Gasteiger partial charge is 1.00 e. The van der Waals surface area contributed by atoms with Crippen molar-refractivity contribution in [2.45, 2.75) is 52.8 Å². The van der Waals surface area contributed by atoms with Gasteiger partial charge in [-0.2, -0.15) is 0 Å². The molecule has 50 heavy (non-hydrogen) atoms. The molecular formula is C33H39Cl2F3N4O5S3. The van der Waals surface area contributed by atoms with Crippen LogP contribution in [0.25, 0.3) is 5.69 Å². The molecular weight excluding hydrogens is 756 g/mol. The van der Waals surface area contributed by atoms with Crippen LogP contribution in [0, 0.1) is 17.5 Å². The molecule has 0 fully saturated rings. The Kier molecular flexibility index (Phi) is 13.2. The molecule has 0 spiro atoms. The molecule has 0 amide bonds. The summed E-state index contributed by atoms with van der Waals surface area (Å²) in [4.78, 5) is 3.87. The van der Waals surface area contributed by atoms with Crippen molar-refractivity contribution in [3.8, 4) is 11.4 Å². The Labute approximate surface area is 307 Å². The van der Waals surface area contributed by atoms with E-state index in [-0.39, 0.29) is 50.3 Å². The van der Waals surface area contributed by atoms with Crippen molar-refractivity contribution in [2.24, 2.45) is 5.14 Å². The second kappa shape index (κ2) is 15.8. The molecule has 0 aliphatic carbocycles. The van der Waals surface area contributed by atoms with Crippen molar-refractivity contribution in [1.82, 2.24) is 9.55 Å². The van der Waals surface area contributed by atoms with Crippen LogP contribution < -0.4 is 22.3 Å². The van der Waals surface area contributed by atoms with Gasteiger partial charge in [-0.1, -0.05) is 43.3 Å². The average Bonchev–Trinajstić information content (AvgIpc) is 3.43. The number of nitrogens with zero attached hydrogens (tertiary/aromatic N) is 3. The summed E-state index contributed by atoms with van der Waals surface area (Å²) in [5, 5.41) is 5.47. The Balaban J connectivity index is 0.00000676. The molecule has 0 saturated heterocycles. The topological polar surface area (TPSA) is 121 Å². The minimum atomic E-state index is -4.08. The number of halogens is 5. The van der Waals surface area contributed by atoms with Crippen molar-refractivity contribution in [1.29, 1.82) is 0 Å². The fraction of sp³-hybridized carbons (Fsp3) is 0.364. The van der Waals surface area contributed by atoms with E-state index in [2.05, 4.69) is 4.98 Å². The lowest BCUT2D eigenvalue weighted by Gasteiger charge is -2.28. The number of quaternary nitrogens is 1. The van der Waals surface area contributed by atoms with Crippen molar-refractivity contribution in [3.05, 3.63) is 94.0 Å². The maximum Gasteiger partial charge on any atom is 0.239 e. The number of rotatable bonds is 14. The smallest absolute Gasteiger partial charge is 0.239 e. The number of methoxy groups -OCH3 is 1. The van der Waals surface area contributed by atoms with E-state index < -0.39 is 47.6 Å². The van der Waals surface area contributed by atoms with E-state index in [1.54, 1.807) is 16.8 Å². The minimum absolute atomic E-state index is 0. The number of unbranched alkanes of at least 4 members (excludes halogenated alkanes) is 1. The average molecular weight is 796 g/mol. The van der Waals surface area contributed by atoms with Crippen molar-refractivity contribution in [2.75, 3.05) is 40.6 Å². The zero-order chi connectivity index (χ0) is 36.5. The van der Waals surface area contributed by atoms with Gasteiger partial charge in [-0.25, -0.2) is 40.1 Å². The van der Waals surface area contributed by atoms with Crippen LogP contribution in [0.4, 0.5) is 13.2 Å². The van der Waals surface area contributed by atoms with Gasteiger partial charge in [0.15, 0.2) is 26.6 Å². The highest BCUT2D eigenvalue weighted by Gasteiger charge is 2.31. The highest BCUT2D eigenvalue weighted by Crippen LogP contribution is 2.39. The maximum atomic E-state index is 15.4. The molecule has 0 unspecified atom stereocenters. The molecule has 1 aromatic heterocycles. The number of imidazole rings is 1. The molecule has 1 heterocycles. The van der Waals surface area contributed by atoms with E-state index in [1.165, 1.54) is 37.4 Å². The minimum Gasteiger partial charge on any atom is -1.00 e. The van der Waals surface area contributed by atoms with Gasteiger partial charge in [0.05, 0.1) is 68.0 Å². The first-order chi connectivity index (χ1) is 22.7. The Bertz CT molecular complexity index is 2070. The molecule has 0 saturated carbocycles. The Morgan fingerprint density at radius 3 is 2.16 bits per heavy atom. The first-order valence-electron chi connectivity index (χ1n) is 15.0. The second-order valence-electron chi connectivity index (χ2n) is 13.1. The number of primary sulfonamides is 1. The van der Waals surface area contributed by atoms with Crippen LogP contribution in [0.2, 0.25) is 5.02 Å². The summed E-state index contributed by atoms with van der Waals surface area (Å²) >= 11 is 7.29. The monoisotopic (exact) mass is 794 g/mol. The number of hydrogen-bond donors (Lipinski definition) is 1. The summed E-state index contributed by atoms with van der Waals surface area (Å²) in [6.07, 6.45) is 2.54. The van der Waals surface area contributed by atoms with Gasteiger partial charge in [-0.05, 0) is 54.8 Å². The van der Waals surface area contributed by atoms with E-state index in [4.69, 9.17) is 21.5 Å². The van der Waals surface area contributed by atoms with Gasteiger partial charge in [0.25, 0.3) is 0 Å². The molecule has 9 nitrogen and oxygen atoms in total. The summed E-state index contributed by atoms with van der Waals surface area (Å²) in [6, 6.07) is 10.2. The zero-order valence-corrected chi connectivity index (χ0v) is 32.3. The Hall–Kier alpha value is -2.79. The lowest BCUT2D eigenvalue weighted by atomic mass is 9.81. The predicted molar refractivity (Wildman–Crippen MR) is 185 cm³/mol. The third-order valence-corrected chi connectivity index (χ3v) is 12.2. The van der Waals surface area contributed by atoms with Crippen LogP contribution in [0.15, 0.2) is 69.7 Å². The first-order valence-corrected chi connectivity index (χ1v) is 19.6. The molecule has 4 rings (SSSR count). The molecule has 0 aliphatic heterocycles. The normalized spacial score (nSPS) is 12.5. The van der Waals surface area contributed by atoms with Gasteiger partial charge < -0.3 is 21.6 Å². The zero-order valence-electron chi connectivity index (χ0n) is 28.3. The number of sulfonamides is 1. The van der Waals surface area contributed by atoms with Crippen molar-refractivity contribution >= 4 is 43.2 Å². The van der Waals surface area contributed by atoms with Crippen molar-refractivity contribution in [3.63, 3.8) is 0 Å². The fourth-order valence-electron chi connectivity index (χ4n) is 5.21. The van der Waals surface area contributed by atoms with E-state index in [0.717, 1.165) is 30.4 Å². The van der Waals surface area contributed by atoms with Gasteiger partial charge in [0.1, 0.15) is 16.5 Å². The standard InChI is InChI=1S/C33H39ClF3N4O5S3.ClH/c1-33(2,21-9-12-30(25(34)15-21)49(38,44)45)31-19-39-32(40(31)22-10-11-26(35)29(16-22)46-6)47-20-24-27(36)17-23(18-28(24)37)48(42,43)14-8-7-13-41(3,4)5;/h9-12,15-19H,7-8,13-14,20H2,1-6H3,(H2,38,44,45);1H/q+1;/p-1. The fourth-order valence-corrected chi connectivity index (χ4v) is 8.70. The molecule has 4 aromatic rings. The highest BCUT2D eigenvalue weighted by molar-refractivity contribution is 7.98. The number of sulfone groups is 1. The highest BCUT2D eigenvalue weighted by atomic mass is 35.5. The summed E-state index contributed by atoms with van der Waals surface area (Å²) in [6.45, 7) is 4.42. The molecule has 17 heteroatoms. The molecule has 2 N–H and O–H groups in total.